The fraction of sp³-hybridized carbons (Fsp3) is 0.160. The summed E-state index contributed by atoms with van der Waals surface area (Å²) in [6.45, 7) is 0. The summed E-state index contributed by atoms with van der Waals surface area (Å²) in [5.74, 6) is 0.740. The van der Waals surface area contributed by atoms with Crippen LogP contribution in [0.2, 0.25) is 0 Å². The summed E-state index contributed by atoms with van der Waals surface area (Å²) in [6, 6.07) is 17.8. The van der Waals surface area contributed by atoms with Gasteiger partial charge >= 0.3 is 0 Å². The van der Waals surface area contributed by atoms with Gasteiger partial charge in [-0.05, 0) is 24.3 Å². The largest absolute Gasteiger partial charge is 0.495 e. The first-order chi connectivity index (χ1) is 19.1. The van der Waals surface area contributed by atoms with Gasteiger partial charge in [-0.1, -0.05) is 19.6 Å². The molecule has 3 aromatic carbocycles. The van der Waals surface area contributed by atoms with Crippen molar-refractivity contribution in [1.29, 1.82) is 15.8 Å². The van der Waals surface area contributed by atoms with Gasteiger partial charge in [0.1, 0.15) is 35.3 Å². The highest BCUT2D eigenvalue weighted by Gasteiger charge is 2.24. The quantitative estimate of drug-likeness (QED) is 0.248. The molecule has 3 N–H and O–H groups in total. The molecule has 16 heteroatoms. The lowest BCUT2D eigenvalue weighted by atomic mass is 10.1. The fourth-order valence-electron chi connectivity index (χ4n) is 2.74. The Hall–Kier alpha value is -6.31. The van der Waals surface area contributed by atoms with Crippen molar-refractivity contribution >= 4 is 22.7 Å². The van der Waals surface area contributed by atoms with E-state index in [1.54, 1.807) is 24.3 Å². The van der Waals surface area contributed by atoms with Gasteiger partial charge in [0.25, 0.3) is 17.1 Å². The minimum absolute atomic E-state index is 0. The average molecular weight is 568 g/mol. The lowest BCUT2D eigenvalue weighted by molar-refractivity contribution is -0.394. The molecule has 0 saturated carbocycles. The van der Waals surface area contributed by atoms with Crippen LogP contribution in [0.5, 0.6) is 11.5 Å². The third-order valence-electron chi connectivity index (χ3n) is 4.45. The molecule has 0 aromatic heterocycles. The minimum atomic E-state index is -0.828. The van der Waals surface area contributed by atoms with E-state index in [1.165, 1.54) is 38.5 Å². The molecule has 0 aliphatic heterocycles. The molecule has 0 aliphatic carbocycles. The number of aliphatic hydroxyl groups excluding tert-OH is 1. The molecule has 0 aliphatic rings. The summed E-state index contributed by atoms with van der Waals surface area (Å²) in [6.07, 6.45) is 0. The van der Waals surface area contributed by atoms with Crippen LogP contribution in [0.1, 0.15) is 24.1 Å². The Morgan fingerprint density at radius 2 is 0.976 bits per heavy atom. The molecule has 0 atom stereocenters. The van der Waals surface area contributed by atoms with Crippen LogP contribution >= 0.6 is 0 Å². The van der Waals surface area contributed by atoms with Crippen LogP contribution in [0.4, 0.5) is 22.7 Å². The van der Waals surface area contributed by atoms with Crippen LogP contribution in [0, 0.1) is 64.3 Å². The molecule has 16 nitrogen and oxygen atoms in total. The van der Waals surface area contributed by atoms with Crippen molar-refractivity contribution in [3.05, 3.63) is 102 Å². The second-order valence-electron chi connectivity index (χ2n) is 6.56. The molecule has 0 fully saturated rings. The Labute approximate surface area is 234 Å². The van der Waals surface area contributed by atoms with E-state index in [0.717, 1.165) is 25.3 Å². The van der Waals surface area contributed by atoms with E-state index in [1.807, 2.05) is 6.07 Å². The van der Waals surface area contributed by atoms with E-state index in [4.69, 9.17) is 36.1 Å². The number of aliphatic hydroxyl groups is 1. The zero-order valence-electron chi connectivity index (χ0n) is 21.2. The number of nitrogen functional groups attached to an aromatic ring is 1. The number of methoxy groups -OCH3 is 2. The Bertz CT molecular complexity index is 1460. The van der Waals surface area contributed by atoms with Crippen molar-refractivity contribution in [3.63, 3.8) is 0 Å². The normalized spacial score (nSPS) is 8.41. The second-order valence-corrected chi connectivity index (χ2v) is 6.56. The molecule has 0 bridgehead atoms. The van der Waals surface area contributed by atoms with E-state index in [0.29, 0.717) is 17.0 Å². The van der Waals surface area contributed by atoms with Crippen molar-refractivity contribution < 1.29 is 29.4 Å². The first-order valence-corrected chi connectivity index (χ1v) is 10.4. The maximum atomic E-state index is 10.4. The van der Waals surface area contributed by atoms with Gasteiger partial charge < -0.3 is 20.3 Å². The maximum absolute atomic E-state index is 10.4. The molecule has 0 heterocycles. The summed E-state index contributed by atoms with van der Waals surface area (Å²) >= 11 is 0. The summed E-state index contributed by atoms with van der Waals surface area (Å²) in [4.78, 5) is 29.0. The van der Waals surface area contributed by atoms with Crippen molar-refractivity contribution in [2.75, 3.05) is 27.1 Å². The SMILES string of the molecule is C.CO.COc1cccc(N)c1C#N.COc1cccc([N+](=O)[O-])c1C#N.N#Cc1c([N+](=O)[O-])cccc1[N+](=O)[O-]. The standard InChI is InChI=1S/C8H6N2O3.C8H8N2O.C7H3N3O4.CH4O.CH4/c1-13-8-4-2-3-7(10(11)12)6(8)5-9;1-11-8-4-2-3-7(10)6(8)5-9;8-4-5-6(9(11)12)2-1-3-7(5)10(13)14;1-2;/h2-4H,1H3;2-4H,10H2,1H3;1-3H;2H,1H3;1H4. The molecule has 41 heavy (non-hydrogen) atoms. The summed E-state index contributed by atoms with van der Waals surface area (Å²) in [5, 5.41) is 64.0. The molecule has 0 saturated heterocycles. The average Bonchev–Trinajstić information content (AvgIpc) is 2.97. The van der Waals surface area contributed by atoms with Crippen molar-refractivity contribution in [1.82, 2.24) is 0 Å². The number of nitriles is 3. The number of anilines is 1. The van der Waals surface area contributed by atoms with Gasteiger partial charge in [-0.2, -0.15) is 15.8 Å². The number of rotatable bonds is 5. The van der Waals surface area contributed by atoms with E-state index in [9.17, 15) is 30.3 Å². The highest BCUT2D eigenvalue weighted by atomic mass is 16.6. The molecular weight excluding hydrogens is 542 g/mol. The molecule has 3 rings (SSSR count). The second kappa shape index (κ2) is 18.9. The lowest BCUT2D eigenvalue weighted by Gasteiger charge is -2.02. The Morgan fingerprint density at radius 1 is 0.659 bits per heavy atom. The predicted molar refractivity (Wildman–Crippen MR) is 146 cm³/mol. The molecule has 3 aromatic rings. The number of benzene rings is 3. The third kappa shape index (κ3) is 10.2. The van der Waals surface area contributed by atoms with Gasteiger partial charge in [0.05, 0.1) is 34.7 Å². The number of hydrogen-bond donors (Lipinski definition) is 2. The molecule has 0 amide bonds. The van der Waals surface area contributed by atoms with Crippen molar-refractivity contribution in [3.8, 4) is 29.7 Å². The number of nitro benzene ring substituents is 3. The van der Waals surface area contributed by atoms with Crippen LogP contribution in [0.25, 0.3) is 0 Å². The van der Waals surface area contributed by atoms with Crippen LogP contribution in [0.3, 0.4) is 0 Å². The highest BCUT2D eigenvalue weighted by molar-refractivity contribution is 5.61. The number of nitrogens with two attached hydrogens (primary N) is 1. The Kier molecular flexibility index (Phi) is 16.9. The molecule has 214 valence electrons. The first kappa shape index (κ1) is 36.8. The van der Waals surface area contributed by atoms with Crippen molar-refractivity contribution in [2.24, 2.45) is 0 Å². The number of hydrogen-bond acceptors (Lipinski definition) is 13. The topological polar surface area (TPSA) is 265 Å². The lowest BCUT2D eigenvalue weighted by Crippen LogP contribution is -1.97. The van der Waals surface area contributed by atoms with E-state index in [-0.39, 0.29) is 24.4 Å². The number of ether oxygens (including phenoxy) is 2. The molecule has 0 spiro atoms. The van der Waals surface area contributed by atoms with Crippen molar-refractivity contribution in [2.45, 2.75) is 7.43 Å². The number of nitrogens with zero attached hydrogens (tertiary/aromatic N) is 6. The van der Waals surface area contributed by atoms with Gasteiger partial charge in [0.2, 0.25) is 5.56 Å². The fourth-order valence-corrected chi connectivity index (χ4v) is 2.74. The van der Waals surface area contributed by atoms with Crippen LogP contribution in [-0.4, -0.2) is 41.2 Å². The van der Waals surface area contributed by atoms with E-state index in [2.05, 4.69) is 0 Å². The van der Waals surface area contributed by atoms with Gasteiger partial charge in [-0.25, -0.2) is 0 Å². The van der Waals surface area contributed by atoms with E-state index < -0.39 is 31.7 Å². The van der Waals surface area contributed by atoms with Gasteiger partial charge in [-0.3, -0.25) is 30.3 Å². The Morgan fingerprint density at radius 3 is 1.29 bits per heavy atom. The Balaban J connectivity index is 0. The maximum Gasteiger partial charge on any atom is 0.294 e. The summed E-state index contributed by atoms with van der Waals surface area (Å²) < 4.78 is 9.71. The molecule has 0 radical (unpaired) electrons. The van der Waals surface area contributed by atoms with Crippen LogP contribution < -0.4 is 15.2 Å². The highest BCUT2D eigenvalue weighted by Crippen LogP contribution is 2.27. The third-order valence-corrected chi connectivity index (χ3v) is 4.45. The summed E-state index contributed by atoms with van der Waals surface area (Å²) in [5.41, 5.74) is 4.44. The molecule has 0 unspecified atom stereocenters. The van der Waals surface area contributed by atoms with Gasteiger partial charge in [0, 0.05) is 25.3 Å². The van der Waals surface area contributed by atoms with Gasteiger partial charge in [-0.15, -0.1) is 0 Å². The van der Waals surface area contributed by atoms with Gasteiger partial charge in [0.15, 0.2) is 5.56 Å². The van der Waals surface area contributed by atoms with Crippen LogP contribution in [-0.2, 0) is 0 Å². The summed E-state index contributed by atoms with van der Waals surface area (Å²) in [7, 11) is 3.87. The number of nitro groups is 3. The monoisotopic (exact) mass is 567 g/mol. The predicted octanol–water partition coefficient (Wildman–Crippen LogP) is 4.24. The van der Waals surface area contributed by atoms with Crippen LogP contribution in [0.15, 0.2) is 54.6 Å². The van der Waals surface area contributed by atoms with E-state index >= 15 is 0 Å². The molecular formula is C25H25N7O9. The first-order valence-electron chi connectivity index (χ1n) is 10.4. The minimum Gasteiger partial charge on any atom is -0.495 e. The zero-order chi connectivity index (χ0) is 30.8. The zero-order valence-corrected chi connectivity index (χ0v) is 21.2. The smallest absolute Gasteiger partial charge is 0.294 e.